The van der Waals surface area contributed by atoms with Crippen molar-refractivity contribution in [3.8, 4) is 0 Å². The van der Waals surface area contributed by atoms with Crippen LogP contribution < -0.4 is 5.32 Å². The zero-order valence-corrected chi connectivity index (χ0v) is 13.2. The summed E-state index contributed by atoms with van der Waals surface area (Å²) in [5, 5.41) is 3.83. The van der Waals surface area contributed by atoms with E-state index in [0.717, 1.165) is 50.7 Å². The van der Waals surface area contributed by atoms with Crippen molar-refractivity contribution in [2.45, 2.75) is 58.5 Å². The molecule has 0 spiro atoms. The van der Waals surface area contributed by atoms with E-state index in [1.807, 2.05) is 0 Å². The second kappa shape index (κ2) is 6.55. The Labute approximate surface area is 119 Å². The molecule has 112 valence electrons. The summed E-state index contributed by atoms with van der Waals surface area (Å²) >= 11 is 0. The lowest BCUT2D eigenvalue weighted by Gasteiger charge is -2.42. The molecule has 3 atom stereocenters. The van der Waals surface area contributed by atoms with Gasteiger partial charge in [-0.05, 0) is 44.9 Å². The molecular formula is C16H32N2O. The molecule has 0 aromatic heterocycles. The number of rotatable bonds is 4. The molecule has 1 heterocycles. The van der Waals surface area contributed by atoms with Crippen LogP contribution in [0.5, 0.6) is 0 Å². The Hall–Kier alpha value is -0.120. The summed E-state index contributed by atoms with van der Waals surface area (Å²) in [7, 11) is 0. The van der Waals surface area contributed by atoms with Crippen molar-refractivity contribution in [2.75, 3.05) is 32.8 Å². The van der Waals surface area contributed by atoms with Crippen LogP contribution in [0.3, 0.4) is 0 Å². The SMILES string of the molecule is CC1CCC(NCC(C)(C)N2CCOCC2)CC1C. The van der Waals surface area contributed by atoms with Crippen molar-refractivity contribution in [1.82, 2.24) is 10.2 Å². The van der Waals surface area contributed by atoms with Gasteiger partial charge in [0.1, 0.15) is 0 Å². The van der Waals surface area contributed by atoms with Crippen molar-refractivity contribution >= 4 is 0 Å². The molecule has 0 aromatic carbocycles. The molecule has 1 saturated carbocycles. The minimum Gasteiger partial charge on any atom is -0.379 e. The molecule has 0 aromatic rings. The topological polar surface area (TPSA) is 24.5 Å². The number of hydrogen-bond donors (Lipinski definition) is 1. The van der Waals surface area contributed by atoms with Gasteiger partial charge >= 0.3 is 0 Å². The molecule has 3 heteroatoms. The maximum atomic E-state index is 5.45. The van der Waals surface area contributed by atoms with Crippen molar-refractivity contribution < 1.29 is 4.74 Å². The van der Waals surface area contributed by atoms with Crippen LogP contribution in [-0.2, 0) is 4.74 Å². The fourth-order valence-corrected chi connectivity index (χ4v) is 3.41. The average Bonchev–Trinajstić information content (AvgIpc) is 2.41. The van der Waals surface area contributed by atoms with Crippen LogP contribution in [0, 0.1) is 11.8 Å². The van der Waals surface area contributed by atoms with E-state index in [2.05, 4.69) is 37.9 Å². The highest BCUT2D eigenvalue weighted by Crippen LogP contribution is 2.29. The summed E-state index contributed by atoms with van der Waals surface area (Å²) in [6.45, 7) is 14.6. The normalized spacial score (nSPS) is 34.4. The van der Waals surface area contributed by atoms with Crippen LogP contribution >= 0.6 is 0 Å². The van der Waals surface area contributed by atoms with E-state index in [4.69, 9.17) is 4.74 Å². The molecule has 0 radical (unpaired) electrons. The van der Waals surface area contributed by atoms with Crippen molar-refractivity contribution in [3.63, 3.8) is 0 Å². The molecule has 0 bridgehead atoms. The van der Waals surface area contributed by atoms with Crippen LogP contribution in [0.4, 0.5) is 0 Å². The Balaban J connectivity index is 1.77. The molecule has 1 N–H and O–H groups in total. The van der Waals surface area contributed by atoms with Crippen LogP contribution in [0.2, 0.25) is 0 Å². The Bertz CT molecular complexity index is 274. The average molecular weight is 268 g/mol. The van der Waals surface area contributed by atoms with E-state index in [1.165, 1.54) is 19.3 Å². The van der Waals surface area contributed by atoms with Crippen LogP contribution in [-0.4, -0.2) is 49.3 Å². The van der Waals surface area contributed by atoms with Gasteiger partial charge in [-0.25, -0.2) is 0 Å². The zero-order valence-electron chi connectivity index (χ0n) is 13.2. The van der Waals surface area contributed by atoms with Gasteiger partial charge < -0.3 is 10.1 Å². The van der Waals surface area contributed by atoms with E-state index in [-0.39, 0.29) is 5.54 Å². The van der Waals surface area contributed by atoms with Gasteiger partial charge in [0, 0.05) is 31.2 Å². The fraction of sp³-hybridized carbons (Fsp3) is 1.00. The summed E-state index contributed by atoms with van der Waals surface area (Å²) in [6, 6.07) is 0.728. The van der Waals surface area contributed by atoms with Crippen molar-refractivity contribution in [1.29, 1.82) is 0 Å². The van der Waals surface area contributed by atoms with Crippen molar-refractivity contribution in [2.24, 2.45) is 11.8 Å². The Morgan fingerprint density at radius 3 is 2.42 bits per heavy atom. The Morgan fingerprint density at radius 1 is 1.11 bits per heavy atom. The van der Waals surface area contributed by atoms with Crippen LogP contribution in [0.1, 0.15) is 47.0 Å². The molecule has 1 aliphatic heterocycles. The molecule has 3 unspecified atom stereocenters. The Kier molecular flexibility index (Phi) is 5.27. The highest BCUT2D eigenvalue weighted by atomic mass is 16.5. The highest BCUT2D eigenvalue weighted by Gasteiger charge is 2.30. The van der Waals surface area contributed by atoms with Gasteiger partial charge in [0.25, 0.3) is 0 Å². The lowest BCUT2D eigenvalue weighted by molar-refractivity contribution is -0.0110. The number of hydrogen-bond acceptors (Lipinski definition) is 3. The standard InChI is InChI=1S/C16H32N2O/c1-13-5-6-15(11-14(13)2)17-12-16(3,4)18-7-9-19-10-8-18/h13-15,17H,5-12H2,1-4H3. The molecule has 19 heavy (non-hydrogen) atoms. The van der Waals surface area contributed by atoms with E-state index in [1.54, 1.807) is 0 Å². The molecule has 0 amide bonds. The Morgan fingerprint density at radius 2 is 1.79 bits per heavy atom. The first kappa shape index (κ1) is 15.3. The van der Waals surface area contributed by atoms with Crippen LogP contribution in [0.25, 0.3) is 0 Å². The van der Waals surface area contributed by atoms with E-state index in [9.17, 15) is 0 Å². The van der Waals surface area contributed by atoms with Gasteiger partial charge in [0.2, 0.25) is 0 Å². The first-order chi connectivity index (χ1) is 8.99. The largest absolute Gasteiger partial charge is 0.379 e. The third kappa shape index (κ3) is 4.17. The third-order valence-corrected chi connectivity index (χ3v) is 5.29. The van der Waals surface area contributed by atoms with Crippen LogP contribution in [0.15, 0.2) is 0 Å². The second-order valence-electron chi connectivity index (χ2n) is 7.26. The van der Waals surface area contributed by atoms with Gasteiger partial charge in [0.05, 0.1) is 13.2 Å². The highest BCUT2D eigenvalue weighted by molar-refractivity contribution is 4.88. The monoisotopic (exact) mass is 268 g/mol. The van der Waals surface area contributed by atoms with Gasteiger partial charge in [0.15, 0.2) is 0 Å². The molecule has 3 nitrogen and oxygen atoms in total. The summed E-state index contributed by atoms with van der Waals surface area (Å²) in [4.78, 5) is 2.57. The summed E-state index contributed by atoms with van der Waals surface area (Å²) in [5.74, 6) is 1.78. The minimum atomic E-state index is 0.246. The van der Waals surface area contributed by atoms with Gasteiger partial charge in [-0.2, -0.15) is 0 Å². The fourth-order valence-electron chi connectivity index (χ4n) is 3.41. The molecule has 2 aliphatic rings. The van der Waals surface area contributed by atoms with E-state index >= 15 is 0 Å². The number of ether oxygens (including phenoxy) is 1. The lowest BCUT2D eigenvalue weighted by Crippen LogP contribution is -2.56. The molecule has 1 saturated heterocycles. The number of nitrogens with zero attached hydrogens (tertiary/aromatic N) is 1. The summed E-state index contributed by atoms with van der Waals surface area (Å²) in [6.07, 6.45) is 4.09. The third-order valence-electron chi connectivity index (χ3n) is 5.29. The number of nitrogens with one attached hydrogen (secondary N) is 1. The molecular weight excluding hydrogens is 236 g/mol. The molecule has 2 rings (SSSR count). The molecule has 2 fully saturated rings. The predicted molar refractivity (Wildman–Crippen MR) is 80.4 cm³/mol. The van der Waals surface area contributed by atoms with Gasteiger partial charge in [-0.15, -0.1) is 0 Å². The van der Waals surface area contributed by atoms with Crippen molar-refractivity contribution in [3.05, 3.63) is 0 Å². The quantitative estimate of drug-likeness (QED) is 0.848. The molecule has 1 aliphatic carbocycles. The minimum absolute atomic E-state index is 0.246. The second-order valence-corrected chi connectivity index (χ2v) is 7.26. The maximum absolute atomic E-state index is 5.45. The summed E-state index contributed by atoms with van der Waals surface area (Å²) in [5.41, 5.74) is 0.246. The first-order valence-corrected chi connectivity index (χ1v) is 8.05. The zero-order chi connectivity index (χ0) is 13.9. The maximum Gasteiger partial charge on any atom is 0.0594 e. The van der Waals surface area contributed by atoms with Gasteiger partial charge in [-0.3, -0.25) is 4.90 Å². The smallest absolute Gasteiger partial charge is 0.0594 e. The predicted octanol–water partition coefficient (Wildman–Crippen LogP) is 2.51. The van der Waals surface area contributed by atoms with E-state index < -0.39 is 0 Å². The summed E-state index contributed by atoms with van der Waals surface area (Å²) < 4.78 is 5.45. The number of morpholine rings is 1. The van der Waals surface area contributed by atoms with E-state index in [0.29, 0.717) is 0 Å². The van der Waals surface area contributed by atoms with Gasteiger partial charge in [-0.1, -0.05) is 13.8 Å². The first-order valence-electron chi connectivity index (χ1n) is 8.05. The lowest BCUT2D eigenvalue weighted by atomic mass is 9.79.